The molecule has 0 aromatic rings. The van der Waals surface area contributed by atoms with Gasteiger partial charge in [0.1, 0.15) is 0 Å². The Balaban J connectivity index is 3.05. The van der Waals surface area contributed by atoms with Gasteiger partial charge in [0.05, 0.1) is 92.5 Å². The number of rotatable bonds is 33. The summed E-state index contributed by atoms with van der Waals surface area (Å²) < 4.78 is 70.9. The predicted octanol–water partition coefficient (Wildman–Crippen LogP) is 3.84. The highest BCUT2D eigenvalue weighted by atomic mass is 32.3. The molecule has 11 nitrogen and oxygen atoms in total. The zero-order valence-electron chi connectivity index (χ0n) is 23.6. The fourth-order valence-electron chi connectivity index (χ4n) is 3.31. The van der Waals surface area contributed by atoms with Gasteiger partial charge in [0.25, 0.3) is 0 Å². The molecule has 38 heavy (non-hydrogen) atoms. The van der Waals surface area contributed by atoms with Crippen LogP contribution in [0.5, 0.6) is 0 Å². The zero-order valence-corrected chi connectivity index (χ0v) is 24.4. The van der Waals surface area contributed by atoms with Crippen molar-refractivity contribution in [3.05, 3.63) is 0 Å². The molecule has 0 aliphatic rings. The van der Waals surface area contributed by atoms with Crippen LogP contribution in [0.2, 0.25) is 0 Å². The normalized spacial score (nSPS) is 11.9. The second kappa shape index (κ2) is 31.1. The molecule has 0 heterocycles. The van der Waals surface area contributed by atoms with Crippen LogP contribution in [0.3, 0.4) is 0 Å². The molecule has 0 saturated carbocycles. The van der Waals surface area contributed by atoms with Gasteiger partial charge >= 0.3 is 10.4 Å². The summed E-state index contributed by atoms with van der Waals surface area (Å²) in [5.74, 6) is 0. The van der Waals surface area contributed by atoms with E-state index < -0.39 is 10.4 Å². The second-order valence-electron chi connectivity index (χ2n) is 8.72. The average Bonchev–Trinajstić information content (AvgIpc) is 2.88. The summed E-state index contributed by atoms with van der Waals surface area (Å²) >= 11 is 0. The van der Waals surface area contributed by atoms with E-state index in [-0.39, 0.29) is 19.8 Å². The van der Waals surface area contributed by atoms with Gasteiger partial charge in [0.15, 0.2) is 0 Å². The minimum Gasteiger partial charge on any atom is -0.379 e. The quantitative estimate of drug-likeness (QED) is 0.0907. The van der Waals surface area contributed by atoms with Gasteiger partial charge in [-0.3, -0.25) is 4.55 Å². The van der Waals surface area contributed by atoms with E-state index in [1.807, 2.05) is 0 Å². The maximum absolute atomic E-state index is 10.3. The van der Waals surface area contributed by atoms with Crippen LogP contribution < -0.4 is 0 Å². The van der Waals surface area contributed by atoms with E-state index in [2.05, 4.69) is 11.1 Å². The SMILES string of the molecule is CCCCCCCCCCCCOCCOCCOCCOCCOCCOCCOCCOS(=O)(=O)O. The standard InChI is InChI=1S/C26H54O11S/c1-2-3-4-5-6-7-8-9-10-11-12-30-13-14-31-15-16-32-17-18-33-19-20-34-21-22-35-23-24-36-25-26-37-38(27,28)29/h2-26H2,1H3,(H,27,28,29). The van der Waals surface area contributed by atoms with E-state index in [9.17, 15) is 8.42 Å². The molecule has 0 amide bonds. The molecule has 0 atom stereocenters. The molecule has 0 spiro atoms. The lowest BCUT2D eigenvalue weighted by Crippen LogP contribution is -2.15. The van der Waals surface area contributed by atoms with E-state index in [0.29, 0.717) is 72.7 Å². The van der Waals surface area contributed by atoms with Crippen LogP contribution in [0.1, 0.15) is 71.1 Å². The average molecular weight is 575 g/mol. The molecule has 0 saturated heterocycles. The fraction of sp³-hybridized carbons (Fsp3) is 1.00. The lowest BCUT2D eigenvalue weighted by atomic mass is 10.1. The van der Waals surface area contributed by atoms with Crippen molar-refractivity contribution in [3.8, 4) is 0 Å². The molecule has 230 valence electrons. The van der Waals surface area contributed by atoms with Crippen molar-refractivity contribution < 1.29 is 50.3 Å². The Labute approximate surface area is 231 Å². The second-order valence-corrected chi connectivity index (χ2v) is 9.81. The molecule has 0 unspecified atom stereocenters. The summed E-state index contributed by atoms with van der Waals surface area (Å²) in [7, 11) is -4.41. The minimum atomic E-state index is -4.41. The van der Waals surface area contributed by atoms with E-state index in [1.165, 1.54) is 57.8 Å². The summed E-state index contributed by atoms with van der Waals surface area (Å²) in [4.78, 5) is 0. The Morgan fingerprint density at radius 3 is 0.974 bits per heavy atom. The van der Waals surface area contributed by atoms with Crippen molar-refractivity contribution in [2.75, 3.05) is 99.1 Å². The van der Waals surface area contributed by atoms with E-state index in [0.717, 1.165) is 13.0 Å². The zero-order chi connectivity index (χ0) is 27.8. The minimum absolute atomic E-state index is 0.0438. The van der Waals surface area contributed by atoms with Crippen LogP contribution in [0.25, 0.3) is 0 Å². The van der Waals surface area contributed by atoms with Crippen LogP contribution >= 0.6 is 0 Å². The van der Waals surface area contributed by atoms with Gasteiger partial charge < -0.3 is 33.2 Å². The number of hydrogen-bond donors (Lipinski definition) is 1. The first-order chi connectivity index (χ1) is 18.6. The van der Waals surface area contributed by atoms with Gasteiger partial charge in [0, 0.05) is 6.61 Å². The van der Waals surface area contributed by atoms with Gasteiger partial charge in [0.2, 0.25) is 0 Å². The van der Waals surface area contributed by atoms with Gasteiger partial charge in [-0.1, -0.05) is 64.7 Å². The van der Waals surface area contributed by atoms with Crippen LogP contribution in [0, 0.1) is 0 Å². The van der Waals surface area contributed by atoms with Crippen molar-refractivity contribution in [2.24, 2.45) is 0 Å². The maximum Gasteiger partial charge on any atom is 0.397 e. The van der Waals surface area contributed by atoms with Gasteiger partial charge in [-0.25, -0.2) is 4.18 Å². The summed E-state index contributed by atoms with van der Waals surface area (Å²) in [5, 5.41) is 0. The Morgan fingerprint density at radius 2 is 0.658 bits per heavy atom. The smallest absolute Gasteiger partial charge is 0.379 e. The summed E-state index contributed by atoms with van der Waals surface area (Å²) in [6.07, 6.45) is 13.3. The summed E-state index contributed by atoms with van der Waals surface area (Å²) in [6.45, 7) is 8.64. The van der Waals surface area contributed by atoms with Crippen LogP contribution in [-0.4, -0.2) is 112 Å². The lowest BCUT2D eigenvalue weighted by molar-refractivity contribution is -0.0213. The van der Waals surface area contributed by atoms with Crippen LogP contribution in [0.15, 0.2) is 0 Å². The first kappa shape index (κ1) is 37.6. The van der Waals surface area contributed by atoms with Crippen LogP contribution in [-0.2, 0) is 47.7 Å². The monoisotopic (exact) mass is 574 g/mol. The summed E-state index contributed by atoms with van der Waals surface area (Å²) in [5.41, 5.74) is 0. The van der Waals surface area contributed by atoms with Crippen molar-refractivity contribution in [1.29, 1.82) is 0 Å². The molecule has 0 rings (SSSR count). The van der Waals surface area contributed by atoms with Gasteiger partial charge in [-0.2, -0.15) is 8.42 Å². The predicted molar refractivity (Wildman–Crippen MR) is 145 cm³/mol. The Morgan fingerprint density at radius 1 is 0.395 bits per heavy atom. The molecule has 1 N–H and O–H groups in total. The Kier molecular flexibility index (Phi) is 30.8. The Hall–Kier alpha value is -0.410. The third-order valence-corrected chi connectivity index (χ3v) is 5.80. The van der Waals surface area contributed by atoms with Crippen molar-refractivity contribution in [1.82, 2.24) is 0 Å². The van der Waals surface area contributed by atoms with E-state index >= 15 is 0 Å². The van der Waals surface area contributed by atoms with E-state index in [4.69, 9.17) is 37.7 Å². The molecule has 0 bridgehead atoms. The molecule has 0 aliphatic carbocycles. The third kappa shape index (κ3) is 35.6. The number of ether oxygens (including phenoxy) is 7. The van der Waals surface area contributed by atoms with Gasteiger partial charge in [-0.15, -0.1) is 0 Å². The molecule has 12 heteroatoms. The van der Waals surface area contributed by atoms with Crippen LogP contribution in [0.4, 0.5) is 0 Å². The maximum atomic E-state index is 10.3. The molecule has 0 aromatic carbocycles. The molecule has 0 fully saturated rings. The fourth-order valence-corrected chi connectivity index (χ4v) is 3.59. The topological polar surface area (TPSA) is 128 Å². The van der Waals surface area contributed by atoms with Gasteiger partial charge in [-0.05, 0) is 6.42 Å². The van der Waals surface area contributed by atoms with E-state index in [1.54, 1.807) is 0 Å². The highest BCUT2D eigenvalue weighted by Gasteiger charge is 2.02. The third-order valence-electron chi connectivity index (χ3n) is 5.33. The Bertz CT molecular complexity index is 549. The van der Waals surface area contributed by atoms with Crippen molar-refractivity contribution in [3.63, 3.8) is 0 Å². The molecular formula is C26H54O11S. The van der Waals surface area contributed by atoms with Crippen molar-refractivity contribution >= 4 is 10.4 Å². The molecular weight excluding hydrogens is 520 g/mol. The number of hydrogen-bond acceptors (Lipinski definition) is 10. The number of unbranched alkanes of at least 4 members (excludes halogenated alkanes) is 9. The highest BCUT2D eigenvalue weighted by molar-refractivity contribution is 7.80. The lowest BCUT2D eigenvalue weighted by Gasteiger charge is -2.08. The molecule has 0 aliphatic heterocycles. The molecule has 0 aromatic heterocycles. The first-order valence-electron chi connectivity index (χ1n) is 14.2. The largest absolute Gasteiger partial charge is 0.397 e. The first-order valence-corrected chi connectivity index (χ1v) is 15.6. The summed E-state index contributed by atoms with van der Waals surface area (Å²) in [6, 6.07) is 0. The highest BCUT2D eigenvalue weighted by Crippen LogP contribution is 2.10. The molecule has 0 radical (unpaired) electrons. The van der Waals surface area contributed by atoms with Crippen molar-refractivity contribution in [2.45, 2.75) is 71.1 Å².